The number of rotatable bonds is 4. The van der Waals surface area contributed by atoms with E-state index < -0.39 is 30.8 Å². The normalized spacial score (nSPS) is 19.7. The van der Waals surface area contributed by atoms with Crippen LogP contribution in [0.3, 0.4) is 0 Å². The van der Waals surface area contributed by atoms with Gasteiger partial charge in [0.2, 0.25) is 0 Å². The van der Waals surface area contributed by atoms with Crippen LogP contribution in [0.2, 0.25) is 0 Å². The number of ether oxygens (including phenoxy) is 1. The number of hydrogen-bond donors (Lipinski definition) is 1. The van der Waals surface area contributed by atoms with E-state index in [1.807, 2.05) is 0 Å². The second-order valence-electron chi connectivity index (χ2n) is 5.85. The molecule has 2 aromatic rings. The second kappa shape index (κ2) is 7.32. The first-order valence-electron chi connectivity index (χ1n) is 7.84. The Morgan fingerprint density at radius 3 is 2.41 bits per heavy atom. The molecule has 2 aromatic carbocycles. The van der Waals surface area contributed by atoms with Gasteiger partial charge in [-0.3, -0.25) is 4.79 Å². The topological polar surface area (TPSA) is 62.1 Å². The van der Waals surface area contributed by atoms with Gasteiger partial charge >= 0.3 is 6.18 Å². The lowest BCUT2D eigenvalue weighted by molar-refractivity contribution is -0.302. The van der Waals surface area contributed by atoms with Crippen LogP contribution in [0.25, 0.3) is 0 Å². The summed E-state index contributed by atoms with van der Waals surface area (Å²) < 4.78 is 46.5. The lowest BCUT2D eigenvalue weighted by Gasteiger charge is -2.32. The van der Waals surface area contributed by atoms with Crippen LogP contribution < -0.4 is 4.74 Å². The molecule has 1 amide bonds. The molecule has 0 aromatic heterocycles. The molecule has 142 valence electrons. The number of carbonyl (C=O) groups is 1. The van der Waals surface area contributed by atoms with Gasteiger partial charge in [0.05, 0.1) is 12.1 Å². The molecule has 0 spiro atoms. The van der Waals surface area contributed by atoms with Crippen molar-refractivity contribution in [3.8, 4) is 5.75 Å². The van der Waals surface area contributed by atoms with Crippen LogP contribution in [-0.2, 0) is 4.79 Å². The molecule has 1 N–H and O–H groups in total. The summed E-state index contributed by atoms with van der Waals surface area (Å²) in [7, 11) is 0. The molecule has 9 heteroatoms. The molecule has 0 radical (unpaired) electrons. The van der Waals surface area contributed by atoms with Gasteiger partial charge in [0.25, 0.3) is 11.6 Å². The van der Waals surface area contributed by atoms with Gasteiger partial charge in [-0.1, -0.05) is 46.3 Å². The number of alkyl halides is 3. The Bertz CT molecular complexity index is 856. The van der Waals surface area contributed by atoms with E-state index in [2.05, 4.69) is 21.0 Å². The van der Waals surface area contributed by atoms with Crippen molar-refractivity contribution in [3.05, 3.63) is 64.6 Å². The molecule has 27 heavy (non-hydrogen) atoms. The van der Waals surface area contributed by atoms with Gasteiger partial charge in [-0.05, 0) is 29.8 Å². The van der Waals surface area contributed by atoms with E-state index in [0.29, 0.717) is 11.3 Å². The van der Waals surface area contributed by atoms with Crippen molar-refractivity contribution in [1.82, 2.24) is 5.01 Å². The number of aliphatic hydroxyl groups is 1. The minimum atomic E-state index is -5.09. The van der Waals surface area contributed by atoms with Gasteiger partial charge in [0.15, 0.2) is 6.61 Å². The van der Waals surface area contributed by atoms with E-state index in [-0.39, 0.29) is 10.7 Å². The van der Waals surface area contributed by atoms with E-state index in [4.69, 9.17) is 4.74 Å². The minimum absolute atomic E-state index is 0.0459. The zero-order valence-electron chi connectivity index (χ0n) is 13.8. The third-order valence-corrected chi connectivity index (χ3v) is 4.49. The zero-order valence-corrected chi connectivity index (χ0v) is 15.4. The SMILES string of the molecule is O=C(COc1ccccc1)N1N=C(c2ccc(Br)cc2)C[C@@]1(O)C(F)(F)F. The third-order valence-electron chi connectivity index (χ3n) is 3.96. The summed E-state index contributed by atoms with van der Waals surface area (Å²) >= 11 is 3.24. The summed E-state index contributed by atoms with van der Waals surface area (Å²) in [5, 5.41) is 14.1. The summed E-state index contributed by atoms with van der Waals surface area (Å²) in [5.41, 5.74) is -3.09. The maximum absolute atomic E-state index is 13.5. The van der Waals surface area contributed by atoms with E-state index in [9.17, 15) is 23.1 Å². The summed E-state index contributed by atoms with van der Waals surface area (Å²) in [4.78, 5) is 12.3. The highest BCUT2D eigenvalue weighted by Gasteiger charge is 2.63. The number of hydrogen-bond acceptors (Lipinski definition) is 4. The fourth-order valence-electron chi connectivity index (χ4n) is 2.55. The molecule has 1 aliphatic heterocycles. The predicted octanol–water partition coefficient (Wildman–Crippen LogP) is 3.72. The molecule has 3 rings (SSSR count). The molecule has 1 atom stereocenters. The van der Waals surface area contributed by atoms with E-state index in [1.165, 1.54) is 0 Å². The Morgan fingerprint density at radius 2 is 1.81 bits per heavy atom. The molecule has 0 bridgehead atoms. The monoisotopic (exact) mass is 442 g/mol. The fourth-order valence-corrected chi connectivity index (χ4v) is 2.82. The highest BCUT2D eigenvalue weighted by molar-refractivity contribution is 9.10. The Balaban J connectivity index is 1.85. The Kier molecular flexibility index (Phi) is 5.25. The highest BCUT2D eigenvalue weighted by Crippen LogP contribution is 2.41. The molecule has 0 saturated carbocycles. The molecule has 0 unspecified atom stereocenters. The molecule has 0 fully saturated rings. The quantitative estimate of drug-likeness (QED) is 0.784. The largest absolute Gasteiger partial charge is 0.484 e. The highest BCUT2D eigenvalue weighted by atomic mass is 79.9. The summed E-state index contributed by atoms with van der Waals surface area (Å²) in [6, 6.07) is 14.5. The fraction of sp³-hybridized carbons (Fsp3) is 0.222. The van der Waals surface area contributed by atoms with Crippen LogP contribution in [0.4, 0.5) is 13.2 Å². The second-order valence-corrected chi connectivity index (χ2v) is 6.77. The van der Waals surface area contributed by atoms with Gasteiger partial charge in [0, 0.05) is 4.47 Å². The molecule has 1 aliphatic rings. The van der Waals surface area contributed by atoms with Crippen molar-refractivity contribution in [1.29, 1.82) is 0 Å². The molecular weight excluding hydrogens is 429 g/mol. The first-order chi connectivity index (χ1) is 12.7. The van der Waals surface area contributed by atoms with Crippen LogP contribution in [0.5, 0.6) is 5.75 Å². The molecule has 5 nitrogen and oxygen atoms in total. The maximum Gasteiger partial charge on any atom is 0.438 e. The van der Waals surface area contributed by atoms with Crippen molar-refractivity contribution in [3.63, 3.8) is 0 Å². The number of nitrogens with zero attached hydrogens (tertiary/aromatic N) is 2. The average molecular weight is 443 g/mol. The van der Waals surface area contributed by atoms with E-state index >= 15 is 0 Å². The summed E-state index contributed by atoms with van der Waals surface area (Å²) in [6.07, 6.45) is -5.95. The number of amides is 1. The van der Waals surface area contributed by atoms with Crippen molar-refractivity contribution in [2.75, 3.05) is 6.61 Å². The molecule has 0 saturated heterocycles. The number of benzene rings is 2. The van der Waals surface area contributed by atoms with Crippen molar-refractivity contribution >= 4 is 27.5 Å². The lowest BCUT2D eigenvalue weighted by atomic mass is 10.0. The maximum atomic E-state index is 13.5. The van der Waals surface area contributed by atoms with Crippen LogP contribution in [0.15, 0.2) is 64.2 Å². The van der Waals surface area contributed by atoms with Crippen molar-refractivity contribution < 1.29 is 27.8 Å². The molecule has 0 aliphatic carbocycles. The Hall–Kier alpha value is -2.39. The van der Waals surface area contributed by atoms with Crippen LogP contribution >= 0.6 is 15.9 Å². The minimum Gasteiger partial charge on any atom is -0.484 e. The zero-order chi connectivity index (χ0) is 19.7. The Labute approximate surface area is 161 Å². The summed E-state index contributed by atoms with van der Waals surface area (Å²) in [5.74, 6) is -0.788. The first-order valence-corrected chi connectivity index (χ1v) is 8.63. The number of carbonyl (C=O) groups excluding carboxylic acids is 1. The van der Waals surface area contributed by atoms with Crippen LogP contribution in [0.1, 0.15) is 12.0 Å². The van der Waals surface area contributed by atoms with E-state index in [1.54, 1.807) is 54.6 Å². The number of hydrazone groups is 1. The predicted molar refractivity (Wildman–Crippen MR) is 95.1 cm³/mol. The van der Waals surface area contributed by atoms with Crippen LogP contribution in [-0.4, -0.2) is 40.2 Å². The molecular formula is C18H14BrF3N2O3. The average Bonchev–Trinajstić information content (AvgIpc) is 3.00. The van der Waals surface area contributed by atoms with E-state index in [0.717, 1.165) is 4.47 Å². The van der Waals surface area contributed by atoms with Gasteiger partial charge in [-0.25, -0.2) is 0 Å². The molecule has 1 heterocycles. The first kappa shape index (κ1) is 19.4. The van der Waals surface area contributed by atoms with Gasteiger partial charge in [-0.2, -0.15) is 23.3 Å². The van der Waals surface area contributed by atoms with Gasteiger partial charge in [-0.15, -0.1) is 0 Å². The van der Waals surface area contributed by atoms with Crippen molar-refractivity contribution in [2.24, 2.45) is 5.10 Å². The number of halogens is 4. The Morgan fingerprint density at radius 1 is 1.19 bits per heavy atom. The van der Waals surface area contributed by atoms with Gasteiger partial charge in [0.1, 0.15) is 5.75 Å². The van der Waals surface area contributed by atoms with Gasteiger partial charge < -0.3 is 9.84 Å². The third kappa shape index (κ3) is 3.98. The lowest BCUT2D eigenvalue weighted by Crippen LogP contribution is -2.57. The smallest absolute Gasteiger partial charge is 0.438 e. The number of para-hydroxylation sites is 1. The van der Waals surface area contributed by atoms with Crippen LogP contribution in [0, 0.1) is 0 Å². The standard InChI is InChI=1S/C18H14BrF3N2O3/c19-13-8-6-12(7-9-13)15-10-17(26,18(20,21)22)24(23-15)16(25)11-27-14-4-2-1-3-5-14/h1-9,26H,10-11H2/t17-/m1/s1. The van der Waals surface area contributed by atoms with Crippen molar-refractivity contribution in [2.45, 2.75) is 18.3 Å². The summed E-state index contributed by atoms with van der Waals surface area (Å²) in [6.45, 7) is -0.695.